The zero-order valence-electron chi connectivity index (χ0n) is 16.8. The number of piperidine rings is 1. The normalized spacial score (nSPS) is 17.9. The Labute approximate surface area is 176 Å². The van der Waals surface area contributed by atoms with Crippen LogP contribution < -0.4 is 15.5 Å². The first-order valence-electron chi connectivity index (χ1n) is 9.80. The van der Waals surface area contributed by atoms with E-state index in [0.717, 1.165) is 42.5 Å². The van der Waals surface area contributed by atoms with Gasteiger partial charge in [-0.1, -0.05) is 6.07 Å². The summed E-state index contributed by atoms with van der Waals surface area (Å²) in [6, 6.07) is 7.93. The van der Waals surface area contributed by atoms with Crippen LogP contribution in [0.2, 0.25) is 0 Å². The molecule has 168 valence electrons. The Hall–Kier alpha value is -3.08. The number of aliphatic carboxylic acids is 1. The molecule has 3 amide bonds. The van der Waals surface area contributed by atoms with Gasteiger partial charge in [0.25, 0.3) is 0 Å². The van der Waals surface area contributed by atoms with E-state index in [1.165, 1.54) is 5.69 Å². The molecule has 2 fully saturated rings. The van der Waals surface area contributed by atoms with E-state index < -0.39 is 12.1 Å². The number of benzene rings is 1. The van der Waals surface area contributed by atoms with Crippen molar-refractivity contribution in [2.45, 2.75) is 31.4 Å². The first-order chi connectivity index (χ1) is 14.6. The van der Waals surface area contributed by atoms with E-state index in [1.54, 1.807) is 4.90 Å². The highest BCUT2D eigenvalue weighted by Gasteiger charge is 2.38. The molecular formula is C20H23F3N4O4. The molecular weight excluding hydrogens is 417 g/mol. The highest BCUT2D eigenvalue weighted by Crippen LogP contribution is 2.35. The maximum absolute atomic E-state index is 12.2. The van der Waals surface area contributed by atoms with Crippen LogP contribution in [0.1, 0.15) is 30.9 Å². The highest BCUT2D eigenvalue weighted by molar-refractivity contribution is 6.09. The molecule has 0 bridgehead atoms. The van der Waals surface area contributed by atoms with Crippen LogP contribution >= 0.6 is 0 Å². The van der Waals surface area contributed by atoms with E-state index in [2.05, 4.69) is 34.4 Å². The first kappa shape index (κ1) is 22.6. The quantitative estimate of drug-likeness (QED) is 0.666. The number of carbonyl (C=O) groups excluding carboxylic acids is 2. The van der Waals surface area contributed by atoms with Crippen LogP contribution in [-0.2, 0) is 16.6 Å². The van der Waals surface area contributed by atoms with Gasteiger partial charge in [0.15, 0.2) is 0 Å². The zero-order valence-corrected chi connectivity index (χ0v) is 16.8. The van der Waals surface area contributed by atoms with E-state index >= 15 is 0 Å². The van der Waals surface area contributed by atoms with Crippen LogP contribution in [-0.4, -0.2) is 53.4 Å². The van der Waals surface area contributed by atoms with E-state index in [-0.39, 0.29) is 11.9 Å². The molecule has 8 nitrogen and oxygen atoms in total. The van der Waals surface area contributed by atoms with Gasteiger partial charge < -0.3 is 15.0 Å². The number of hydrogen-bond acceptors (Lipinski definition) is 4. The van der Waals surface area contributed by atoms with Crippen LogP contribution in [0.3, 0.4) is 0 Å². The highest BCUT2D eigenvalue weighted by atomic mass is 19.4. The monoisotopic (exact) mass is 440 g/mol. The summed E-state index contributed by atoms with van der Waals surface area (Å²) in [7, 11) is 2.10. The number of halogens is 3. The summed E-state index contributed by atoms with van der Waals surface area (Å²) in [5.41, 5.74) is 3.34. The molecule has 0 aliphatic carbocycles. The Morgan fingerprint density at radius 2 is 1.84 bits per heavy atom. The molecule has 3 N–H and O–H groups in total. The van der Waals surface area contributed by atoms with E-state index in [1.807, 2.05) is 12.1 Å². The molecule has 0 atom stereocenters. The number of alkyl halides is 3. The number of aryl methyl sites for hydroxylation is 1. The lowest BCUT2D eigenvalue weighted by Crippen LogP contribution is -2.49. The van der Waals surface area contributed by atoms with Gasteiger partial charge in [0, 0.05) is 37.0 Å². The molecule has 4 rings (SSSR count). The van der Waals surface area contributed by atoms with Crippen molar-refractivity contribution < 1.29 is 32.7 Å². The Kier molecular flexibility index (Phi) is 6.54. The molecule has 1 aromatic carbocycles. The number of fused-ring (bicyclic) bond motifs is 1. The van der Waals surface area contributed by atoms with Crippen LogP contribution in [0.5, 0.6) is 0 Å². The topological polar surface area (TPSA) is 104 Å². The summed E-state index contributed by atoms with van der Waals surface area (Å²) in [5.74, 6) is -2.41. The number of rotatable bonds is 2. The first-order valence-corrected chi connectivity index (χ1v) is 9.80. The van der Waals surface area contributed by atoms with Gasteiger partial charge in [-0.3, -0.25) is 15.0 Å². The van der Waals surface area contributed by atoms with Gasteiger partial charge in [0.2, 0.25) is 5.91 Å². The molecule has 2 saturated heterocycles. The van der Waals surface area contributed by atoms with Gasteiger partial charge in [0.05, 0.1) is 11.2 Å². The lowest BCUT2D eigenvalue weighted by atomic mass is 9.94. The molecule has 0 unspecified atom stereocenters. The SMILES string of the molecule is Cn1c(C2CCNCC2)cc2c(N3CCC(=O)NC3=O)cccc21.O=C(O)C(F)(F)F. The fourth-order valence-electron chi connectivity index (χ4n) is 3.90. The predicted molar refractivity (Wildman–Crippen MR) is 107 cm³/mol. The second-order valence-corrected chi connectivity index (χ2v) is 7.42. The number of hydrogen-bond donors (Lipinski definition) is 3. The van der Waals surface area contributed by atoms with Crippen molar-refractivity contribution in [1.82, 2.24) is 15.2 Å². The smallest absolute Gasteiger partial charge is 0.475 e. The van der Waals surface area contributed by atoms with Crippen LogP contribution in [0.15, 0.2) is 24.3 Å². The minimum absolute atomic E-state index is 0.202. The number of amides is 3. The number of aromatic nitrogens is 1. The van der Waals surface area contributed by atoms with Crippen molar-refractivity contribution in [1.29, 1.82) is 0 Å². The zero-order chi connectivity index (χ0) is 22.8. The van der Waals surface area contributed by atoms with E-state index in [9.17, 15) is 22.8 Å². The molecule has 31 heavy (non-hydrogen) atoms. The van der Waals surface area contributed by atoms with Crippen molar-refractivity contribution in [2.75, 3.05) is 24.5 Å². The van der Waals surface area contributed by atoms with Gasteiger partial charge >= 0.3 is 18.2 Å². The maximum atomic E-state index is 12.2. The molecule has 1 aromatic heterocycles. The summed E-state index contributed by atoms with van der Waals surface area (Å²) in [5, 5.41) is 14.0. The lowest BCUT2D eigenvalue weighted by Gasteiger charge is -2.27. The Morgan fingerprint density at radius 1 is 1.19 bits per heavy atom. The van der Waals surface area contributed by atoms with Crippen molar-refractivity contribution in [3.63, 3.8) is 0 Å². The maximum Gasteiger partial charge on any atom is 0.490 e. The summed E-state index contributed by atoms with van der Waals surface area (Å²) in [6.45, 7) is 2.53. The largest absolute Gasteiger partial charge is 0.490 e. The summed E-state index contributed by atoms with van der Waals surface area (Å²) in [6.07, 6.45) is -2.47. The van der Waals surface area contributed by atoms with E-state index in [0.29, 0.717) is 18.9 Å². The average molecular weight is 440 g/mol. The number of nitrogens with zero attached hydrogens (tertiary/aromatic N) is 2. The standard InChI is InChI=1S/C18H22N4O2.C2HF3O2/c1-21-14-3-2-4-15(22-10-7-17(23)20-18(22)24)13(14)11-16(21)12-5-8-19-9-6-12;3-2(4,5)1(6)7/h2-4,11-12,19H,5-10H2,1H3,(H,20,23,24);(H,6,7). The van der Waals surface area contributed by atoms with Crippen molar-refractivity contribution in [3.8, 4) is 0 Å². The number of carboxylic acid groups (broad SMARTS) is 1. The van der Waals surface area contributed by atoms with Gasteiger partial charge in [-0.25, -0.2) is 9.59 Å². The summed E-state index contributed by atoms with van der Waals surface area (Å²) >= 11 is 0. The number of nitrogens with one attached hydrogen (secondary N) is 2. The number of imide groups is 1. The Balaban J connectivity index is 0.000000339. The van der Waals surface area contributed by atoms with Crippen molar-refractivity contribution in [3.05, 3.63) is 30.0 Å². The number of urea groups is 1. The number of carboxylic acids is 1. The van der Waals surface area contributed by atoms with Gasteiger partial charge in [-0.2, -0.15) is 13.2 Å². The fraction of sp³-hybridized carbons (Fsp3) is 0.450. The molecule has 0 saturated carbocycles. The minimum atomic E-state index is -5.08. The molecule has 0 radical (unpaired) electrons. The molecule has 2 aliphatic rings. The second-order valence-electron chi connectivity index (χ2n) is 7.42. The molecule has 3 heterocycles. The fourth-order valence-corrected chi connectivity index (χ4v) is 3.90. The summed E-state index contributed by atoms with van der Waals surface area (Å²) < 4.78 is 34.0. The molecule has 2 aromatic rings. The Morgan fingerprint density at radius 3 is 2.42 bits per heavy atom. The minimum Gasteiger partial charge on any atom is -0.475 e. The van der Waals surface area contributed by atoms with Gasteiger partial charge in [-0.05, 0) is 44.1 Å². The number of carbonyl (C=O) groups is 3. The molecule has 11 heteroatoms. The van der Waals surface area contributed by atoms with Crippen LogP contribution in [0, 0.1) is 0 Å². The molecule has 2 aliphatic heterocycles. The van der Waals surface area contributed by atoms with Gasteiger partial charge in [0.1, 0.15) is 0 Å². The van der Waals surface area contributed by atoms with E-state index in [4.69, 9.17) is 9.90 Å². The van der Waals surface area contributed by atoms with Crippen molar-refractivity contribution >= 4 is 34.5 Å². The third-order valence-corrected chi connectivity index (χ3v) is 5.45. The number of anilines is 1. The third-order valence-electron chi connectivity index (χ3n) is 5.45. The lowest BCUT2D eigenvalue weighted by molar-refractivity contribution is -0.192. The van der Waals surface area contributed by atoms with Crippen molar-refractivity contribution in [2.24, 2.45) is 7.05 Å². The van der Waals surface area contributed by atoms with Gasteiger partial charge in [-0.15, -0.1) is 0 Å². The predicted octanol–water partition coefficient (Wildman–Crippen LogP) is 2.72. The van der Waals surface area contributed by atoms with Crippen LogP contribution in [0.4, 0.5) is 23.7 Å². The van der Waals surface area contributed by atoms with Crippen LogP contribution in [0.25, 0.3) is 10.9 Å². The Bertz CT molecular complexity index is 996. The third kappa shape index (κ3) is 4.98. The second kappa shape index (κ2) is 8.96. The average Bonchev–Trinajstić information content (AvgIpc) is 3.06. The molecule has 0 spiro atoms. The summed E-state index contributed by atoms with van der Waals surface area (Å²) in [4.78, 5) is 34.2.